The van der Waals surface area contributed by atoms with Crippen molar-refractivity contribution < 1.29 is 5.11 Å². The van der Waals surface area contributed by atoms with Crippen molar-refractivity contribution in [2.24, 2.45) is 0 Å². The lowest BCUT2D eigenvalue weighted by molar-refractivity contribution is 0.0673. The molecule has 0 fully saturated rings. The van der Waals surface area contributed by atoms with Crippen LogP contribution in [0.4, 0.5) is 0 Å². The second kappa shape index (κ2) is 6.39. The minimum atomic E-state index is -0.264. The fourth-order valence-electron chi connectivity index (χ4n) is 1.75. The summed E-state index contributed by atoms with van der Waals surface area (Å²) in [6.07, 6.45) is 4.11. The van der Waals surface area contributed by atoms with Crippen molar-refractivity contribution >= 4 is 0 Å². The molecule has 2 nitrogen and oxygen atoms in total. The molecule has 0 aliphatic rings. The van der Waals surface area contributed by atoms with Gasteiger partial charge in [0.15, 0.2) is 0 Å². The zero-order chi connectivity index (χ0) is 10.3. The predicted octanol–water partition coefficient (Wildman–Crippen LogP) is 2.32. The van der Waals surface area contributed by atoms with Crippen LogP contribution in [0.25, 0.3) is 0 Å². The van der Waals surface area contributed by atoms with E-state index in [0.717, 1.165) is 19.4 Å². The number of hydrogen-bond donors (Lipinski definition) is 2. The molecule has 0 saturated carbocycles. The molecule has 0 aliphatic carbocycles. The first-order chi connectivity index (χ1) is 6.13. The summed E-state index contributed by atoms with van der Waals surface area (Å²) in [5, 5.41) is 13.2. The molecule has 0 bridgehead atoms. The smallest absolute Gasteiger partial charge is 0.0693 e. The van der Waals surface area contributed by atoms with Crippen LogP contribution in [0.3, 0.4) is 0 Å². The maximum absolute atomic E-state index is 9.70. The van der Waals surface area contributed by atoms with Crippen LogP contribution in [0, 0.1) is 0 Å². The number of hydrogen-bond acceptors (Lipinski definition) is 2. The Kier molecular flexibility index (Phi) is 6.35. The zero-order valence-electron chi connectivity index (χ0n) is 9.56. The molecule has 0 heterocycles. The van der Waals surface area contributed by atoms with Gasteiger partial charge in [0.25, 0.3) is 0 Å². The molecule has 1 unspecified atom stereocenters. The van der Waals surface area contributed by atoms with Gasteiger partial charge in [0, 0.05) is 5.54 Å². The Hall–Kier alpha value is -0.0800. The van der Waals surface area contributed by atoms with Crippen LogP contribution in [-0.4, -0.2) is 23.3 Å². The predicted molar refractivity (Wildman–Crippen MR) is 57.9 cm³/mol. The van der Waals surface area contributed by atoms with Crippen molar-refractivity contribution in [2.75, 3.05) is 6.54 Å². The van der Waals surface area contributed by atoms with Crippen molar-refractivity contribution in [3.8, 4) is 0 Å². The van der Waals surface area contributed by atoms with Gasteiger partial charge in [-0.05, 0) is 32.7 Å². The monoisotopic (exact) mass is 187 g/mol. The summed E-state index contributed by atoms with van der Waals surface area (Å²) in [5.41, 5.74) is -0.0603. The van der Waals surface area contributed by atoms with E-state index in [2.05, 4.69) is 26.1 Å². The van der Waals surface area contributed by atoms with Crippen LogP contribution in [0.15, 0.2) is 0 Å². The lowest BCUT2D eigenvalue weighted by Gasteiger charge is -2.36. The zero-order valence-corrected chi connectivity index (χ0v) is 9.56. The molecule has 2 N–H and O–H groups in total. The minimum absolute atomic E-state index is 0.0603. The second-order valence-electron chi connectivity index (χ2n) is 3.82. The normalized spacial score (nSPS) is 14.5. The van der Waals surface area contributed by atoms with Crippen LogP contribution in [0.5, 0.6) is 0 Å². The molecule has 0 saturated heterocycles. The quantitative estimate of drug-likeness (QED) is 0.599. The van der Waals surface area contributed by atoms with Crippen molar-refractivity contribution in [1.29, 1.82) is 0 Å². The Bertz CT molecular complexity index is 119. The highest BCUT2D eigenvalue weighted by Crippen LogP contribution is 2.19. The van der Waals surface area contributed by atoms with Gasteiger partial charge < -0.3 is 10.4 Å². The summed E-state index contributed by atoms with van der Waals surface area (Å²) in [4.78, 5) is 0. The lowest BCUT2D eigenvalue weighted by Crippen LogP contribution is -2.52. The first kappa shape index (κ1) is 12.9. The van der Waals surface area contributed by atoms with Gasteiger partial charge in [0.1, 0.15) is 0 Å². The van der Waals surface area contributed by atoms with Crippen LogP contribution < -0.4 is 5.32 Å². The van der Waals surface area contributed by atoms with Crippen molar-refractivity contribution in [3.05, 3.63) is 0 Å². The first-order valence-electron chi connectivity index (χ1n) is 5.56. The molecule has 0 aromatic carbocycles. The van der Waals surface area contributed by atoms with E-state index in [1.54, 1.807) is 0 Å². The Morgan fingerprint density at radius 3 is 2.08 bits per heavy atom. The highest BCUT2D eigenvalue weighted by Gasteiger charge is 2.30. The van der Waals surface area contributed by atoms with E-state index < -0.39 is 0 Å². The van der Waals surface area contributed by atoms with E-state index in [1.807, 2.05) is 6.92 Å². The molecule has 0 rings (SSSR count). The SMILES string of the molecule is CCCCNC(CC)(CC)C(C)O. The fourth-order valence-corrected chi connectivity index (χ4v) is 1.75. The highest BCUT2D eigenvalue weighted by molar-refractivity contribution is 4.90. The van der Waals surface area contributed by atoms with E-state index in [0.29, 0.717) is 0 Å². The first-order valence-corrected chi connectivity index (χ1v) is 5.56. The molecule has 0 radical (unpaired) electrons. The average molecular weight is 187 g/mol. The minimum Gasteiger partial charge on any atom is -0.391 e. The van der Waals surface area contributed by atoms with Crippen LogP contribution in [0.2, 0.25) is 0 Å². The topological polar surface area (TPSA) is 32.3 Å². The second-order valence-corrected chi connectivity index (χ2v) is 3.82. The average Bonchev–Trinajstić information content (AvgIpc) is 2.13. The van der Waals surface area contributed by atoms with Gasteiger partial charge in [0.2, 0.25) is 0 Å². The van der Waals surface area contributed by atoms with Gasteiger partial charge in [-0.2, -0.15) is 0 Å². The summed E-state index contributed by atoms with van der Waals surface area (Å²) >= 11 is 0. The van der Waals surface area contributed by atoms with Crippen LogP contribution in [0.1, 0.15) is 53.4 Å². The number of rotatable bonds is 7. The Labute approximate surface area is 82.7 Å². The van der Waals surface area contributed by atoms with Crippen molar-refractivity contribution in [2.45, 2.75) is 65.0 Å². The summed E-state index contributed by atoms with van der Waals surface area (Å²) in [5.74, 6) is 0. The summed E-state index contributed by atoms with van der Waals surface area (Å²) in [6.45, 7) is 9.35. The molecule has 80 valence electrons. The van der Waals surface area contributed by atoms with E-state index in [1.165, 1.54) is 12.8 Å². The summed E-state index contributed by atoms with van der Waals surface area (Å²) < 4.78 is 0. The molecule has 13 heavy (non-hydrogen) atoms. The highest BCUT2D eigenvalue weighted by atomic mass is 16.3. The number of aliphatic hydroxyl groups is 1. The Morgan fingerprint density at radius 1 is 1.23 bits per heavy atom. The number of aliphatic hydroxyl groups excluding tert-OH is 1. The summed E-state index contributed by atoms with van der Waals surface area (Å²) in [6, 6.07) is 0. The van der Waals surface area contributed by atoms with E-state index >= 15 is 0 Å². The molecule has 2 heteroatoms. The molecular weight excluding hydrogens is 162 g/mol. The maximum Gasteiger partial charge on any atom is 0.0693 e. The molecule has 0 aliphatic heterocycles. The molecule has 0 aromatic heterocycles. The third kappa shape index (κ3) is 3.65. The molecule has 1 atom stereocenters. The molecule has 0 spiro atoms. The fraction of sp³-hybridized carbons (Fsp3) is 1.00. The molecule has 0 amide bonds. The van der Waals surface area contributed by atoms with E-state index in [9.17, 15) is 5.11 Å². The van der Waals surface area contributed by atoms with Gasteiger partial charge in [-0.1, -0.05) is 27.2 Å². The van der Waals surface area contributed by atoms with Gasteiger partial charge in [-0.25, -0.2) is 0 Å². The Morgan fingerprint density at radius 2 is 1.77 bits per heavy atom. The number of nitrogens with one attached hydrogen (secondary N) is 1. The largest absolute Gasteiger partial charge is 0.391 e. The van der Waals surface area contributed by atoms with Crippen LogP contribution >= 0.6 is 0 Å². The number of unbranched alkanes of at least 4 members (excludes halogenated alkanes) is 1. The van der Waals surface area contributed by atoms with Gasteiger partial charge in [-0.15, -0.1) is 0 Å². The third-order valence-corrected chi connectivity index (χ3v) is 3.07. The van der Waals surface area contributed by atoms with E-state index in [-0.39, 0.29) is 11.6 Å². The maximum atomic E-state index is 9.70. The lowest BCUT2D eigenvalue weighted by atomic mass is 9.87. The van der Waals surface area contributed by atoms with Gasteiger partial charge >= 0.3 is 0 Å². The third-order valence-electron chi connectivity index (χ3n) is 3.07. The standard InChI is InChI=1S/C11H25NO/c1-5-8-9-12-11(6-2,7-3)10(4)13/h10,12-13H,5-9H2,1-4H3. The Balaban J connectivity index is 4.06. The van der Waals surface area contributed by atoms with Crippen LogP contribution in [-0.2, 0) is 0 Å². The molecule has 0 aromatic rings. The molecular formula is C11H25NO. The van der Waals surface area contributed by atoms with Crippen molar-refractivity contribution in [1.82, 2.24) is 5.32 Å². The van der Waals surface area contributed by atoms with Crippen molar-refractivity contribution in [3.63, 3.8) is 0 Å². The van der Waals surface area contributed by atoms with E-state index in [4.69, 9.17) is 0 Å². The summed E-state index contributed by atoms with van der Waals surface area (Å²) in [7, 11) is 0. The van der Waals surface area contributed by atoms with Gasteiger partial charge in [0.05, 0.1) is 6.10 Å². The van der Waals surface area contributed by atoms with Gasteiger partial charge in [-0.3, -0.25) is 0 Å².